The van der Waals surface area contributed by atoms with Crippen LogP contribution in [-0.4, -0.2) is 37.8 Å². The van der Waals surface area contributed by atoms with E-state index in [4.69, 9.17) is 20.2 Å². The quantitative estimate of drug-likeness (QED) is 0.0892. The molecule has 5 aromatic carbocycles. The van der Waals surface area contributed by atoms with Crippen LogP contribution in [0.3, 0.4) is 0 Å². The van der Waals surface area contributed by atoms with Gasteiger partial charge in [-0.25, -0.2) is 14.6 Å². The van der Waals surface area contributed by atoms with Gasteiger partial charge in [0.2, 0.25) is 0 Å². The molecule has 1 atom stereocenters. The van der Waals surface area contributed by atoms with E-state index in [9.17, 15) is 9.59 Å². The van der Waals surface area contributed by atoms with E-state index in [1.807, 2.05) is 109 Å². The molecule has 0 saturated carbocycles. The largest absolute Gasteiger partial charge is 0.467 e. The van der Waals surface area contributed by atoms with Crippen molar-refractivity contribution in [1.29, 1.82) is 0 Å². The minimum Gasteiger partial charge on any atom is -0.467 e. The van der Waals surface area contributed by atoms with E-state index < -0.39 is 18.1 Å². The molecule has 0 fully saturated rings. The zero-order valence-electron chi connectivity index (χ0n) is 26.0. The highest BCUT2D eigenvalue weighted by Gasteiger charge is 2.30. The Hall–Kier alpha value is -5.89. The Bertz CT molecular complexity index is 1770. The number of carbonyl (C=O) groups excluding carboxylic acids is 2. The summed E-state index contributed by atoms with van der Waals surface area (Å²) >= 11 is 0. The number of ether oxygens (including phenoxy) is 2. The number of anilines is 1. The molecule has 5 aromatic rings. The first-order valence-corrected chi connectivity index (χ1v) is 15.5. The third-order valence-corrected chi connectivity index (χ3v) is 8.29. The molecular formula is C39H36N4O4. The van der Waals surface area contributed by atoms with Gasteiger partial charge in [-0.05, 0) is 51.1 Å². The van der Waals surface area contributed by atoms with Crippen molar-refractivity contribution in [1.82, 2.24) is 5.32 Å². The van der Waals surface area contributed by atoms with E-state index in [0.717, 1.165) is 44.6 Å². The van der Waals surface area contributed by atoms with Crippen LogP contribution in [0.25, 0.3) is 11.1 Å². The lowest BCUT2D eigenvalue weighted by molar-refractivity contribution is -0.143. The lowest BCUT2D eigenvalue weighted by atomic mass is 9.98. The predicted molar refractivity (Wildman–Crippen MR) is 184 cm³/mol. The van der Waals surface area contributed by atoms with Crippen molar-refractivity contribution < 1.29 is 19.1 Å². The van der Waals surface area contributed by atoms with Gasteiger partial charge in [0.25, 0.3) is 0 Å². The highest BCUT2D eigenvalue weighted by molar-refractivity contribution is 5.92. The molecule has 0 spiro atoms. The van der Waals surface area contributed by atoms with Gasteiger partial charge in [0.1, 0.15) is 18.7 Å². The van der Waals surface area contributed by atoms with Crippen molar-refractivity contribution in [3.63, 3.8) is 0 Å². The Labute approximate surface area is 274 Å². The lowest BCUT2D eigenvalue weighted by Crippen LogP contribution is -2.43. The van der Waals surface area contributed by atoms with Crippen LogP contribution in [0.4, 0.5) is 10.5 Å². The molecule has 0 heterocycles. The van der Waals surface area contributed by atoms with E-state index in [1.54, 1.807) is 0 Å². The summed E-state index contributed by atoms with van der Waals surface area (Å²) in [5.74, 6) is -0.388. The van der Waals surface area contributed by atoms with Gasteiger partial charge in [0.05, 0.1) is 7.11 Å². The van der Waals surface area contributed by atoms with Crippen LogP contribution in [0.1, 0.15) is 39.8 Å². The third kappa shape index (κ3) is 7.34. The highest BCUT2D eigenvalue weighted by atomic mass is 16.6. The topological polar surface area (TPSA) is 115 Å². The van der Waals surface area contributed by atoms with Gasteiger partial charge < -0.3 is 25.8 Å². The number of alkyl carbamates (subject to hydrolysis) is 1. The highest BCUT2D eigenvalue weighted by Crippen LogP contribution is 2.44. The molecule has 1 aliphatic rings. The zero-order valence-corrected chi connectivity index (χ0v) is 26.0. The van der Waals surface area contributed by atoms with Crippen LogP contribution < -0.4 is 16.4 Å². The number of benzene rings is 5. The Morgan fingerprint density at radius 2 is 1.28 bits per heavy atom. The molecule has 0 saturated heterocycles. The van der Waals surface area contributed by atoms with Crippen molar-refractivity contribution in [3.8, 4) is 11.1 Å². The zero-order chi connectivity index (χ0) is 32.6. The molecule has 236 valence electrons. The Kier molecular flexibility index (Phi) is 9.58. The average Bonchev–Trinajstić information content (AvgIpc) is 3.44. The minimum atomic E-state index is -0.932. The van der Waals surface area contributed by atoms with Crippen molar-refractivity contribution in [2.24, 2.45) is 10.7 Å². The molecule has 8 nitrogen and oxygen atoms in total. The summed E-state index contributed by atoms with van der Waals surface area (Å²) in [6.07, 6.45) is -0.471. The van der Waals surface area contributed by atoms with Crippen molar-refractivity contribution in [3.05, 3.63) is 161 Å². The van der Waals surface area contributed by atoms with Crippen LogP contribution in [0, 0.1) is 0 Å². The van der Waals surface area contributed by atoms with Crippen LogP contribution in [0.5, 0.6) is 0 Å². The van der Waals surface area contributed by atoms with Crippen LogP contribution >= 0.6 is 0 Å². The van der Waals surface area contributed by atoms with E-state index in [0.29, 0.717) is 0 Å². The number of hydrogen-bond donors (Lipinski definition) is 3. The first kappa shape index (κ1) is 31.1. The number of nitrogens with zero attached hydrogens (tertiary/aromatic N) is 1. The molecule has 1 aliphatic carbocycles. The van der Waals surface area contributed by atoms with Crippen molar-refractivity contribution in [2.45, 2.75) is 24.4 Å². The number of methoxy groups -OCH3 is 1. The van der Waals surface area contributed by atoms with Gasteiger partial charge in [-0.2, -0.15) is 0 Å². The third-order valence-electron chi connectivity index (χ3n) is 8.29. The number of nitrogens with one attached hydrogen (secondary N) is 2. The molecule has 1 amide bonds. The maximum Gasteiger partial charge on any atom is 0.407 e. The fourth-order valence-electron chi connectivity index (χ4n) is 6.01. The lowest BCUT2D eigenvalue weighted by Gasteiger charge is -2.19. The molecule has 8 heteroatoms. The average molecular weight is 625 g/mol. The number of fused-ring (bicyclic) bond motifs is 3. The first-order chi connectivity index (χ1) is 23.0. The molecule has 0 radical (unpaired) electrons. The number of rotatable bonds is 10. The van der Waals surface area contributed by atoms with Crippen LogP contribution in [0.2, 0.25) is 0 Å². The molecule has 0 aliphatic heterocycles. The molecular weight excluding hydrogens is 588 g/mol. The van der Waals surface area contributed by atoms with Gasteiger partial charge in [0.15, 0.2) is 5.96 Å². The number of aliphatic imine (C=N–C) groups is 1. The first-order valence-electron chi connectivity index (χ1n) is 15.5. The van der Waals surface area contributed by atoms with E-state index in [2.05, 4.69) is 34.9 Å². The van der Waals surface area contributed by atoms with Crippen LogP contribution in [0.15, 0.2) is 138 Å². The second-order valence-corrected chi connectivity index (χ2v) is 11.3. The van der Waals surface area contributed by atoms with Gasteiger partial charge >= 0.3 is 12.1 Å². The fraction of sp³-hybridized carbons (Fsp3) is 0.154. The summed E-state index contributed by atoms with van der Waals surface area (Å²) < 4.78 is 10.7. The second kappa shape index (κ2) is 14.5. The number of amides is 1. The maximum atomic E-state index is 12.9. The molecule has 47 heavy (non-hydrogen) atoms. The second-order valence-electron chi connectivity index (χ2n) is 11.3. The standard InChI is InChI=1S/C39H36N4O4/c1-46-37(44)35(42-39(45)47-25-34-32-18-10-8-16-30(32)31-17-9-11-19-33(31)34)24-26-20-22-29(23-21-26)41-38(40)43-36(27-12-4-2-5-13-27)28-14-6-3-7-15-28/h2-23,34-36H,24-25H2,1H3,(H,42,45)(H3,40,41,43)/t35-/m0/s1. The number of carbonyl (C=O) groups is 2. The van der Waals surface area contributed by atoms with Gasteiger partial charge in [0, 0.05) is 18.0 Å². The number of esters is 1. The Balaban J connectivity index is 1.09. The molecule has 6 rings (SSSR count). The summed E-state index contributed by atoms with van der Waals surface area (Å²) in [5.41, 5.74) is 14.5. The molecule has 4 N–H and O–H groups in total. The monoisotopic (exact) mass is 624 g/mol. The van der Waals surface area contributed by atoms with Crippen molar-refractivity contribution in [2.75, 3.05) is 19.0 Å². The summed E-state index contributed by atoms with van der Waals surface area (Å²) in [6, 6.07) is 42.4. The fourth-order valence-corrected chi connectivity index (χ4v) is 6.01. The van der Waals surface area contributed by atoms with Gasteiger partial charge in [-0.1, -0.05) is 121 Å². The summed E-state index contributed by atoms with van der Waals surface area (Å²) in [6.45, 7) is 0.145. The summed E-state index contributed by atoms with van der Waals surface area (Å²) in [7, 11) is 1.29. The van der Waals surface area contributed by atoms with E-state index >= 15 is 0 Å². The molecule has 0 bridgehead atoms. The SMILES string of the molecule is COC(=O)[C@H](Cc1ccc(NC(N)=NC(c2ccccc2)c2ccccc2)cc1)NC(=O)OCC1c2ccccc2-c2ccccc21. The number of guanidine groups is 1. The normalized spacial score (nSPS) is 12.9. The van der Waals surface area contributed by atoms with Crippen LogP contribution in [-0.2, 0) is 20.7 Å². The predicted octanol–water partition coefficient (Wildman–Crippen LogP) is 6.83. The van der Waals surface area contributed by atoms with E-state index in [-0.39, 0.29) is 30.9 Å². The number of hydrogen-bond acceptors (Lipinski definition) is 5. The summed E-state index contributed by atoms with van der Waals surface area (Å²) in [5, 5.41) is 5.86. The van der Waals surface area contributed by atoms with Gasteiger partial charge in [-0.15, -0.1) is 0 Å². The Morgan fingerprint density at radius 3 is 1.83 bits per heavy atom. The van der Waals surface area contributed by atoms with Gasteiger partial charge in [-0.3, -0.25) is 0 Å². The molecule has 0 aromatic heterocycles. The number of nitrogens with two attached hydrogens (primary N) is 1. The minimum absolute atomic E-state index is 0.0867. The Morgan fingerprint density at radius 1 is 0.745 bits per heavy atom. The molecule has 0 unspecified atom stereocenters. The van der Waals surface area contributed by atoms with Crippen molar-refractivity contribution >= 4 is 23.7 Å². The maximum absolute atomic E-state index is 12.9. The smallest absolute Gasteiger partial charge is 0.407 e. The van der Waals surface area contributed by atoms with E-state index in [1.165, 1.54) is 7.11 Å². The summed E-state index contributed by atoms with van der Waals surface area (Å²) in [4.78, 5) is 30.4.